The predicted octanol–water partition coefficient (Wildman–Crippen LogP) is 10.7. The number of aromatic nitrogens is 6. The molecule has 6 nitrogen and oxygen atoms in total. The molecule has 0 N–H and O–H groups in total. The van der Waals surface area contributed by atoms with Crippen LogP contribution in [-0.4, -0.2) is 44.6 Å². The quantitative estimate of drug-likeness (QED) is 0.0958. The minimum Gasteiger partial charge on any atom is -0.294 e. The fourth-order valence-corrected chi connectivity index (χ4v) is 22.4. The van der Waals surface area contributed by atoms with Gasteiger partial charge in [-0.1, -0.05) is 261 Å². The number of imidazole rings is 2. The summed E-state index contributed by atoms with van der Waals surface area (Å²) in [6, 6.07) is 111. The number of hydrogen-bond acceptors (Lipinski definition) is 3. The molecular formula is C71H50N6Si2. The van der Waals surface area contributed by atoms with Crippen LogP contribution in [0, 0.1) is 0 Å². The monoisotopic (exact) mass is 1040 g/mol. The molecule has 372 valence electrons. The predicted molar refractivity (Wildman–Crippen MR) is 332 cm³/mol. The van der Waals surface area contributed by atoms with Crippen molar-refractivity contribution in [2.45, 2.75) is 0 Å². The Balaban J connectivity index is 1.04. The molecule has 0 aliphatic rings. The van der Waals surface area contributed by atoms with Gasteiger partial charge in [0.1, 0.15) is 5.82 Å². The molecule has 0 unspecified atom stereocenters. The number of hydrogen-bond donors (Lipinski definition) is 0. The zero-order valence-electron chi connectivity index (χ0n) is 43.1. The lowest BCUT2D eigenvalue weighted by molar-refractivity contribution is 0.937. The van der Waals surface area contributed by atoms with Gasteiger partial charge in [0.2, 0.25) is 11.7 Å². The molecule has 0 fully saturated rings. The summed E-state index contributed by atoms with van der Waals surface area (Å²) in [6.07, 6.45) is 0. The van der Waals surface area contributed by atoms with Crippen LogP contribution in [0.25, 0.3) is 72.7 Å². The number of benzene rings is 11. The van der Waals surface area contributed by atoms with E-state index in [-0.39, 0.29) is 0 Å². The molecule has 0 amide bonds. The van der Waals surface area contributed by atoms with Crippen molar-refractivity contribution in [2.75, 3.05) is 0 Å². The van der Waals surface area contributed by atoms with E-state index < -0.39 is 16.1 Å². The molecule has 0 saturated carbocycles. The number of para-hydroxylation sites is 5. The molecule has 4 aromatic heterocycles. The van der Waals surface area contributed by atoms with E-state index in [4.69, 9.17) is 15.0 Å². The summed E-state index contributed by atoms with van der Waals surface area (Å²) >= 11 is 0. The van der Waals surface area contributed by atoms with E-state index in [9.17, 15) is 0 Å². The average molecular weight is 1040 g/mol. The van der Waals surface area contributed by atoms with E-state index in [1.54, 1.807) is 0 Å². The summed E-state index contributed by atoms with van der Waals surface area (Å²) in [7, 11) is -5.88. The van der Waals surface area contributed by atoms with Crippen LogP contribution in [-0.2, 0) is 0 Å². The van der Waals surface area contributed by atoms with Gasteiger partial charge in [0.15, 0.2) is 16.1 Å². The van der Waals surface area contributed by atoms with Crippen LogP contribution < -0.4 is 41.5 Å². The zero-order chi connectivity index (χ0) is 52.3. The molecule has 0 radical (unpaired) electrons. The first kappa shape index (κ1) is 46.3. The fraction of sp³-hybridized carbons (Fsp3) is 0. The third-order valence-corrected chi connectivity index (χ3v) is 25.7. The number of nitrogens with zero attached hydrogens (tertiary/aromatic N) is 6. The van der Waals surface area contributed by atoms with Crippen LogP contribution in [0.2, 0.25) is 0 Å². The Morgan fingerprint density at radius 3 is 1.24 bits per heavy atom. The lowest BCUT2D eigenvalue weighted by Gasteiger charge is -2.34. The van der Waals surface area contributed by atoms with Crippen molar-refractivity contribution in [3.05, 3.63) is 303 Å². The van der Waals surface area contributed by atoms with Crippen molar-refractivity contribution in [3.63, 3.8) is 0 Å². The van der Waals surface area contributed by atoms with Gasteiger partial charge in [-0.05, 0) is 77.9 Å². The average Bonchev–Trinajstić information content (AvgIpc) is 4.42. The highest BCUT2D eigenvalue weighted by Crippen LogP contribution is 2.35. The van der Waals surface area contributed by atoms with Gasteiger partial charge in [0.25, 0.3) is 0 Å². The third kappa shape index (κ3) is 7.26. The minimum absolute atomic E-state index is 0.528. The maximum absolute atomic E-state index is 5.78. The van der Waals surface area contributed by atoms with Crippen molar-refractivity contribution in [1.29, 1.82) is 0 Å². The van der Waals surface area contributed by atoms with Crippen molar-refractivity contribution < 1.29 is 0 Å². The van der Waals surface area contributed by atoms with Gasteiger partial charge < -0.3 is 0 Å². The van der Waals surface area contributed by atoms with Gasteiger partial charge in [0, 0.05) is 22.4 Å². The van der Waals surface area contributed by atoms with Gasteiger partial charge >= 0.3 is 0 Å². The van der Waals surface area contributed by atoms with E-state index in [0.717, 1.165) is 66.7 Å². The van der Waals surface area contributed by atoms with E-state index in [1.165, 1.54) is 41.5 Å². The summed E-state index contributed by atoms with van der Waals surface area (Å²) in [5.41, 5.74) is 7.84. The first-order valence-corrected chi connectivity index (χ1v) is 30.9. The van der Waals surface area contributed by atoms with Gasteiger partial charge in [-0.2, -0.15) is 4.98 Å². The van der Waals surface area contributed by atoms with Crippen molar-refractivity contribution in [2.24, 2.45) is 0 Å². The molecule has 0 saturated heterocycles. The maximum Gasteiger partial charge on any atom is 0.239 e. The second-order valence-corrected chi connectivity index (χ2v) is 28.0. The van der Waals surface area contributed by atoms with Crippen molar-refractivity contribution in [1.82, 2.24) is 28.5 Å². The second-order valence-electron chi connectivity index (χ2n) is 20.3. The van der Waals surface area contributed by atoms with Crippen LogP contribution in [0.3, 0.4) is 0 Å². The van der Waals surface area contributed by atoms with Gasteiger partial charge in [-0.15, -0.1) is 0 Å². The molecular weight excluding hydrogens is 993 g/mol. The van der Waals surface area contributed by atoms with Crippen LogP contribution in [0.4, 0.5) is 0 Å². The topological polar surface area (TPSA) is 52.9 Å². The Morgan fingerprint density at radius 2 is 0.696 bits per heavy atom. The van der Waals surface area contributed by atoms with Crippen LogP contribution in [0.15, 0.2) is 303 Å². The van der Waals surface area contributed by atoms with E-state index in [2.05, 4.69) is 317 Å². The smallest absolute Gasteiger partial charge is 0.239 e. The molecule has 11 aromatic carbocycles. The highest BCUT2D eigenvalue weighted by molar-refractivity contribution is 7.20. The highest BCUT2D eigenvalue weighted by Gasteiger charge is 2.43. The largest absolute Gasteiger partial charge is 0.294 e. The SMILES string of the molecule is c1ccc([Si](c2ccccc2)(c2ccccc2)c2cccc(-c3cc(-n4c5ccccc5c5ccc([Si](c6ccccc6)(c6ccccc6)c6ccccc6)cc54)nc(-n4c5ccccc5n5c6ccccc6nc45)n3)c2)cc1. The third-order valence-electron chi connectivity index (χ3n) is 16.2. The van der Waals surface area contributed by atoms with Crippen molar-refractivity contribution >= 4 is 107 Å². The Morgan fingerprint density at radius 1 is 0.266 bits per heavy atom. The lowest BCUT2D eigenvalue weighted by Crippen LogP contribution is -2.74. The van der Waals surface area contributed by atoms with Crippen LogP contribution >= 0.6 is 0 Å². The standard InChI is InChI=1S/C71H50N6Si2/c1-7-27-52(28-8-1)78(53-29-9-2-10-30-53,54-31-11-3-12-32-54)58-39-25-26-51(48-58)63-50-69(74-70(72-63)77-67-45-24-23-44-66(67)76-65-43-22-20-41-62(65)73-71(76)77)75-64-42-21-19-40-60(64)61-47-46-59(49-68(61)75)79(55-33-13-4-14-34-55,56-35-15-5-16-36-56)57-37-17-6-18-38-57/h1-50H. The van der Waals surface area contributed by atoms with Crippen molar-refractivity contribution in [3.8, 4) is 23.0 Å². The van der Waals surface area contributed by atoms with E-state index in [0.29, 0.717) is 5.95 Å². The highest BCUT2D eigenvalue weighted by atomic mass is 28.3. The zero-order valence-corrected chi connectivity index (χ0v) is 45.1. The fourth-order valence-electron chi connectivity index (χ4n) is 12.8. The van der Waals surface area contributed by atoms with E-state index in [1.807, 2.05) is 0 Å². The Bertz CT molecular complexity index is 4520. The minimum atomic E-state index is -2.95. The molecule has 4 heterocycles. The summed E-state index contributed by atoms with van der Waals surface area (Å²) in [4.78, 5) is 16.8. The Labute approximate surface area is 459 Å². The summed E-state index contributed by atoms with van der Waals surface area (Å²) in [5, 5.41) is 12.7. The summed E-state index contributed by atoms with van der Waals surface area (Å²) in [6.45, 7) is 0. The summed E-state index contributed by atoms with van der Waals surface area (Å²) < 4.78 is 6.78. The molecule has 0 atom stereocenters. The molecule has 79 heavy (non-hydrogen) atoms. The molecule has 15 aromatic rings. The Kier molecular flexibility index (Phi) is 11.1. The molecule has 0 bridgehead atoms. The first-order chi connectivity index (χ1) is 39.2. The van der Waals surface area contributed by atoms with E-state index >= 15 is 0 Å². The normalized spacial score (nSPS) is 12.1. The first-order valence-electron chi connectivity index (χ1n) is 26.9. The van der Waals surface area contributed by atoms with Gasteiger partial charge in [-0.3, -0.25) is 8.97 Å². The molecule has 8 heteroatoms. The summed E-state index contributed by atoms with van der Waals surface area (Å²) in [5.74, 6) is 2.03. The molecule has 15 rings (SSSR count). The number of fused-ring (bicyclic) bond motifs is 8. The maximum atomic E-state index is 5.78. The number of rotatable bonds is 11. The van der Waals surface area contributed by atoms with Crippen LogP contribution in [0.5, 0.6) is 0 Å². The Hall–Kier alpha value is -10.00. The molecule has 0 aliphatic carbocycles. The van der Waals surface area contributed by atoms with Gasteiger partial charge in [0.05, 0.1) is 38.8 Å². The lowest BCUT2D eigenvalue weighted by atomic mass is 10.1. The molecule has 0 aliphatic heterocycles. The molecule has 0 spiro atoms. The second kappa shape index (κ2) is 18.9. The van der Waals surface area contributed by atoms with Crippen LogP contribution in [0.1, 0.15) is 0 Å². The van der Waals surface area contributed by atoms with Gasteiger partial charge in [-0.25, -0.2) is 14.5 Å².